The van der Waals surface area contributed by atoms with Crippen LogP contribution in [0.5, 0.6) is 0 Å². The van der Waals surface area contributed by atoms with Crippen LogP contribution in [-0.2, 0) is 26.0 Å². The number of carbonyl (C=O) groups excluding carboxylic acids is 1. The largest absolute Gasteiger partial charge is 0.383 e. The van der Waals surface area contributed by atoms with Crippen molar-refractivity contribution in [3.05, 3.63) is 84.5 Å². The van der Waals surface area contributed by atoms with Crippen molar-refractivity contribution in [2.75, 3.05) is 33.4 Å². The maximum absolute atomic E-state index is 13.9. The van der Waals surface area contributed by atoms with Gasteiger partial charge in [-0.2, -0.15) is 4.31 Å². The van der Waals surface area contributed by atoms with Crippen molar-refractivity contribution >= 4 is 50.5 Å². The Morgan fingerprint density at radius 2 is 1.81 bits per heavy atom. The van der Waals surface area contributed by atoms with Gasteiger partial charge in [-0.1, -0.05) is 47.0 Å². The highest BCUT2D eigenvalue weighted by atomic mass is 35.5. The third kappa shape index (κ3) is 5.75. The van der Waals surface area contributed by atoms with Crippen LogP contribution in [0.4, 0.5) is 0 Å². The molecule has 0 bridgehead atoms. The Hall–Kier alpha value is -1.94. The van der Waals surface area contributed by atoms with E-state index in [0.717, 1.165) is 16.7 Å². The Morgan fingerprint density at radius 1 is 1.11 bits per heavy atom. The van der Waals surface area contributed by atoms with Gasteiger partial charge in [0.1, 0.15) is 0 Å². The fourth-order valence-corrected chi connectivity index (χ4v) is 8.27. The van der Waals surface area contributed by atoms with Gasteiger partial charge in [-0.3, -0.25) is 4.79 Å². The summed E-state index contributed by atoms with van der Waals surface area (Å²) in [6.45, 7) is 5.86. The van der Waals surface area contributed by atoms with Crippen LogP contribution in [0.2, 0.25) is 10.0 Å². The van der Waals surface area contributed by atoms with Crippen molar-refractivity contribution in [1.82, 2.24) is 9.21 Å². The maximum atomic E-state index is 13.9. The first-order valence-corrected chi connectivity index (χ1v) is 15.0. The molecule has 2 aromatic carbocycles. The molecule has 0 N–H and O–H groups in total. The van der Waals surface area contributed by atoms with Crippen LogP contribution in [0.3, 0.4) is 0 Å². The van der Waals surface area contributed by atoms with Crippen molar-refractivity contribution < 1.29 is 17.9 Å². The lowest BCUT2D eigenvalue weighted by Gasteiger charge is -2.38. The van der Waals surface area contributed by atoms with Gasteiger partial charge in [-0.25, -0.2) is 8.42 Å². The molecule has 0 aliphatic carbocycles. The van der Waals surface area contributed by atoms with E-state index in [-0.39, 0.29) is 30.5 Å². The minimum Gasteiger partial charge on any atom is -0.383 e. The minimum absolute atomic E-state index is 0.0568. The molecule has 0 saturated carbocycles. The van der Waals surface area contributed by atoms with Gasteiger partial charge >= 0.3 is 0 Å². The molecule has 0 radical (unpaired) electrons. The summed E-state index contributed by atoms with van der Waals surface area (Å²) >= 11 is 14.4. The third-order valence-corrected chi connectivity index (χ3v) is 10.3. The number of halogens is 2. The van der Waals surface area contributed by atoms with E-state index in [1.54, 1.807) is 42.2 Å². The smallest absolute Gasteiger partial charge is 0.244 e. The maximum Gasteiger partial charge on any atom is 0.244 e. The van der Waals surface area contributed by atoms with E-state index in [1.807, 2.05) is 36.6 Å². The number of hydrogen-bond donors (Lipinski definition) is 0. The number of amides is 1. The number of methoxy groups -OCH3 is 1. The van der Waals surface area contributed by atoms with E-state index < -0.39 is 16.1 Å². The van der Waals surface area contributed by atoms with E-state index in [9.17, 15) is 13.2 Å². The second-order valence-electron chi connectivity index (χ2n) is 9.26. The van der Waals surface area contributed by atoms with Crippen molar-refractivity contribution in [2.45, 2.75) is 38.1 Å². The third-order valence-electron chi connectivity index (χ3n) is 6.60. The predicted molar refractivity (Wildman–Crippen MR) is 149 cm³/mol. The van der Waals surface area contributed by atoms with Crippen LogP contribution in [0.25, 0.3) is 0 Å². The molecule has 10 heteroatoms. The topological polar surface area (TPSA) is 66.9 Å². The van der Waals surface area contributed by atoms with E-state index in [4.69, 9.17) is 27.9 Å². The van der Waals surface area contributed by atoms with Crippen molar-refractivity contribution in [2.24, 2.45) is 0 Å². The van der Waals surface area contributed by atoms with Gasteiger partial charge in [-0.15, -0.1) is 11.3 Å². The Balaban J connectivity index is 1.71. The zero-order valence-electron chi connectivity index (χ0n) is 21.3. The molecule has 0 spiro atoms. The number of aryl methyl sites for hydroxylation is 3. The summed E-state index contributed by atoms with van der Waals surface area (Å²) in [4.78, 5) is 17.0. The number of nitrogens with zero attached hydrogens (tertiary/aromatic N) is 2. The lowest BCUT2D eigenvalue weighted by atomic mass is 9.93. The summed E-state index contributed by atoms with van der Waals surface area (Å²) in [6.07, 6.45) is 0.696. The molecule has 6 nitrogen and oxygen atoms in total. The number of carbonyl (C=O) groups is 1. The van der Waals surface area contributed by atoms with Crippen LogP contribution in [0, 0.1) is 20.8 Å². The first kappa shape index (κ1) is 28.1. The van der Waals surface area contributed by atoms with Gasteiger partial charge in [-0.05, 0) is 73.0 Å². The SMILES string of the molecule is COCCN(CC(=O)N1CCc2sccc2C1c1ccc(Cl)cc1Cl)S(=O)(=O)c1c(C)cc(C)cc1C. The van der Waals surface area contributed by atoms with Gasteiger partial charge in [0, 0.05) is 35.1 Å². The predicted octanol–water partition coefficient (Wildman–Crippen LogP) is 5.79. The molecule has 1 unspecified atom stereocenters. The number of benzene rings is 2. The second kappa shape index (κ2) is 11.4. The Labute approximate surface area is 232 Å². The molecule has 1 atom stereocenters. The Bertz CT molecular complexity index is 1400. The zero-order chi connectivity index (χ0) is 26.9. The number of rotatable bonds is 8. The van der Waals surface area contributed by atoms with E-state index in [0.29, 0.717) is 34.1 Å². The fourth-order valence-electron chi connectivity index (χ4n) is 5.07. The molecule has 3 aromatic rings. The van der Waals surface area contributed by atoms with Gasteiger partial charge < -0.3 is 9.64 Å². The quantitative estimate of drug-likeness (QED) is 0.338. The van der Waals surface area contributed by atoms with Crippen LogP contribution >= 0.6 is 34.5 Å². The summed E-state index contributed by atoms with van der Waals surface area (Å²) in [5, 5.41) is 2.98. The first-order chi connectivity index (χ1) is 17.5. The molecule has 1 amide bonds. The Morgan fingerprint density at radius 3 is 2.46 bits per heavy atom. The molecular weight excluding hydrogens is 551 g/mol. The summed E-state index contributed by atoms with van der Waals surface area (Å²) in [7, 11) is -2.46. The monoisotopic (exact) mass is 580 g/mol. The van der Waals surface area contributed by atoms with E-state index in [2.05, 4.69) is 0 Å². The van der Waals surface area contributed by atoms with Gasteiger partial charge in [0.2, 0.25) is 15.9 Å². The van der Waals surface area contributed by atoms with Crippen LogP contribution in [0.1, 0.15) is 38.7 Å². The summed E-state index contributed by atoms with van der Waals surface area (Å²) < 4.78 is 34.2. The number of thiophene rings is 1. The zero-order valence-corrected chi connectivity index (χ0v) is 24.4. The molecule has 37 heavy (non-hydrogen) atoms. The molecule has 4 rings (SSSR count). The van der Waals surface area contributed by atoms with Crippen molar-refractivity contribution in [3.8, 4) is 0 Å². The second-order valence-corrected chi connectivity index (χ2v) is 13.0. The van der Waals surface area contributed by atoms with Gasteiger partial charge in [0.15, 0.2) is 0 Å². The van der Waals surface area contributed by atoms with Crippen LogP contribution in [0.15, 0.2) is 46.7 Å². The van der Waals surface area contributed by atoms with Crippen LogP contribution < -0.4 is 0 Å². The molecule has 1 aliphatic heterocycles. The summed E-state index contributed by atoms with van der Waals surface area (Å²) in [5.74, 6) is -0.296. The van der Waals surface area contributed by atoms with E-state index >= 15 is 0 Å². The van der Waals surface area contributed by atoms with Crippen LogP contribution in [-0.4, -0.2) is 56.9 Å². The molecule has 1 aromatic heterocycles. The molecule has 0 fully saturated rings. The lowest BCUT2D eigenvalue weighted by molar-refractivity contribution is -0.133. The fraction of sp³-hybridized carbons (Fsp3) is 0.370. The average Bonchev–Trinajstić information content (AvgIpc) is 3.29. The number of hydrogen-bond acceptors (Lipinski definition) is 5. The standard InChI is InChI=1S/C27H30Cl2N2O4S2/c1-17-13-18(2)27(19(3)14-17)37(33,34)30(10-11-35-4)16-25(32)31-9-7-24-22(8-12-36-24)26(31)21-6-5-20(28)15-23(21)29/h5-6,8,12-15,26H,7,9-11,16H2,1-4H3. The van der Waals surface area contributed by atoms with Crippen molar-refractivity contribution in [3.63, 3.8) is 0 Å². The molecule has 1 aliphatic rings. The minimum atomic E-state index is -3.97. The number of sulfonamides is 1. The highest BCUT2D eigenvalue weighted by molar-refractivity contribution is 7.89. The molecule has 2 heterocycles. The van der Waals surface area contributed by atoms with Crippen molar-refractivity contribution in [1.29, 1.82) is 0 Å². The summed E-state index contributed by atoms with van der Waals surface area (Å²) in [5.41, 5.74) is 4.05. The highest BCUT2D eigenvalue weighted by Gasteiger charge is 2.37. The normalized spacial score (nSPS) is 15.8. The average molecular weight is 582 g/mol. The number of fused-ring (bicyclic) bond motifs is 1. The lowest BCUT2D eigenvalue weighted by Crippen LogP contribution is -2.47. The van der Waals surface area contributed by atoms with Gasteiger partial charge in [0.05, 0.1) is 24.1 Å². The summed E-state index contributed by atoms with van der Waals surface area (Å²) in [6, 6.07) is 10.5. The molecular formula is C27H30Cl2N2O4S2. The van der Waals surface area contributed by atoms with Gasteiger partial charge in [0.25, 0.3) is 0 Å². The molecule has 0 saturated heterocycles. The first-order valence-electron chi connectivity index (χ1n) is 11.9. The number of ether oxygens (including phenoxy) is 1. The Kier molecular flexibility index (Phi) is 8.68. The molecule has 198 valence electrons. The van der Waals surface area contributed by atoms with E-state index in [1.165, 1.54) is 16.3 Å². The highest BCUT2D eigenvalue weighted by Crippen LogP contribution is 2.41.